The lowest BCUT2D eigenvalue weighted by Crippen LogP contribution is -2.11. The van der Waals surface area contributed by atoms with Crippen LogP contribution in [0, 0.1) is 10.1 Å². The molecule has 0 aliphatic carbocycles. The van der Waals surface area contributed by atoms with Gasteiger partial charge >= 0.3 is 17.8 Å². The topological polar surface area (TPSA) is 114 Å². The van der Waals surface area contributed by atoms with Crippen LogP contribution in [0.5, 0.6) is 17.2 Å². The summed E-state index contributed by atoms with van der Waals surface area (Å²) in [6, 6.07) is 5.71. The summed E-state index contributed by atoms with van der Waals surface area (Å²) in [6.45, 7) is 0.551. The molecule has 0 radical (unpaired) electrons. The molecule has 2 rings (SSSR count). The first kappa shape index (κ1) is 25.4. The normalized spacial score (nSPS) is 13.2. The lowest BCUT2D eigenvalue weighted by Gasteiger charge is -2.15. The van der Waals surface area contributed by atoms with Crippen molar-refractivity contribution in [3.8, 4) is 17.2 Å². The van der Waals surface area contributed by atoms with Crippen LogP contribution < -0.4 is 9.47 Å². The lowest BCUT2D eigenvalue weighted by atomic mass is 10.2. The van der Waals surface area contributed by atoms with Crippen LogP contribution in [-0.4, -0.2) is 37.6 Å². The maximum absolute atomic E-state index is 12.8. The van der Waals surface area contributed by atoms with Gasteiger partial charge in [-0.25, -0.2) is 4.79 Å². The minimum absolute atomic E-state index is 0.0475. The van der Waals surface area contributed by atoms with Crippen LogP contribution in [0.4, 0.5) is 18.9 Å². The number of ether oxygens (including phenoxy) is 3. The zero-order valence-corrected chi connectivity index (χ0v) is 18.2. The first-order valence-electron chi connectivity index (χ1n) is 8.56. The van der Waals surface area contributed by atoms with Crippen molar-refractivity contribution in [1.82, 2.24) is 0 Å². The summed E-state index contributed by atoms with van der Waals surface area (Å²) in [5, 5.41) is 10.9. The third-order valence-corrected chi connectivity index (χ3v) is 5.32. The van der Waals surface area contributed by atoms with Gasteiger partial charge in [0.1, 0.15) is 11.5 Å². The molecule has 0 amide bonds. The van der Waals surface area contributed by atoms with E-state index in [0.717, 1.165) is 38.0 Å². The number of hydrogen-bond donors (Lipinski definition) is 0. The smallest absolute Gasteiger partial charge is 0.416 e. The lowest BCUT2D eigenvalue weighted by molar-refractivity contribution is -0.385. The zero-order valence-electron chi connectivity index (χ0n) is 16.6. The Labute approximate surface area is 184 Å². The van der Waals surface area contributed by atoms with Gasteiger partial charge in [-0.1, -0.05) is 11.6 Å². The minimum Gasteiger partial charge on any atom is -0.476 e. The average molecular weight is 498 g/mol. The second-order valence-corrected chi connectivity index (χ2v) is 9.22. The van der Waals surface area contributed by atoms with E-state index in [1.54, 1.807) is 0 Å². The Morgan fingerprint density at radius 2 is 1.88 bits per heavy atom. The molecular weight excluding hydrogens is 482 g/mol. The van der Waals surface area contributed by atoms with Crippen molar-refractivity contribution in [2.45, 2.75) is 6.18 Å². The number of benzene rings is 2. The highest BCUT2D eigenvalue weighted by Crippen LogP contribution is 2.44. The molecule has 9 nitrogen and oxygen atoms in total. The summed E-state index contributed by atoms with van der Waals surface area (Å²) >= 11 is 5.84. The Hall–Kier alpha value is -2.82. The van der Waals surface area contributed by atoms with Crippen LogP contribution in [-0.2, 0) is 24.8 Å². The molecule has 0 saturated heterocycles. The summed E-state index contributed by atoms with van der Waals surface area (Å²) in [6.07, 6.45) is -5.21. The number of nitro groups is 1. The molecule has 0 aliphatic rings. The van der Waals surface area contributed by atoms with Gasteiger partial charge < -0.3 is 18.7 Å². The number of nitro benzene ring substituents is 1. The molecule has 1 atom stereocenters. The Balaban J connectivity index is 2.22. The maximum atomic E-state index is 12.8. The highest BCUT2D eigenvalue weighted by molar-refractivity contribution is 7.58. The van der Waals surface area contributed by atoms with E-state index in [2.05, 4.69) is 4.74 Å². The second kappa shape index (κ2) is 10.2. The zero-order chi connectivity index (χ0) is 24.1. The van der Waals surface area contributed by atoms with Gasteiger partial charge in [0, 0.05) is 18.8 Å². The van der Waals surface area contributed by atoms with Crippen LogP contribution in [0.1, 0.15) is 5.56 Å². The molecular formula is C18H16ClF3NO8P. The molecule has 2 aromatic carbocycles. The van der Waals surface area contributed by atoms with E-state index in [9.17, 15) is 32.6 Å². The predicted octanol–water partition coefficient (Wildman–Crippen LogP) is 5.49. The molecule has 0 bridgehead atoms. The van der Waals surface area contributed by atoms with E-state index in [1.165, 1.54) is 6.07 Å². The van der Waals surface area contributed by atoms with Gasteiger partial charge in [-0.05, 0) is 24.3 Å². The van der Waals surface area contributed by atoms with E-state index in [0.29, 0.717) is 6.07 Å². The van der Waals surface area contributed by atoms with Gasteiger partial charge in [0.2, 0.25) is 13.1 Å². The third kappa shape index (κ3) is 7.11. The summed E-state index contributed by atoms with van der Waals surface area (Å²) in [5.74, 6) is -1.31. The first-order valence-corrected chi connectivity index (χ1v) is 11.2. The van der Waals surface area contributed by atoms with Gasteiger partial charge in [0.25, 0.3) is 0 Å². The van der Waals surface area contributed by atoms with Crippen LogP contribution in [0.3, 0.4) is 0 Å². The monoisotopic (exact) mass is 497 g/mol. The van der Waals surface area contributed by atoms with Gasteiger partial charge in [0.05, 0.1) is 22.6 Å². The molecule has 32 heavy (non-hydrogen) atoms. The van der Waals surface area contributed by atoms with Crippen LogP contribution in [0.2, 0.25) is 5.02 Å². The van der Waals surface area contributed by atoms with Gasteiger partial charge in [-0.2, -0.15) is 13.2 Å². The second-order valence-electron chi connectivity index (χ2n) is 6.27. The number of nitrogens with zero attached hydrogens (tertiary/aromatic N) is 1. The van der Waals surface area contributed by atoms with Gasteiger partial charge in [0.15, 0.2) is 13.0 Å². The van der Waals surface area contributed by atoms with Crippen molar-refractivity contribution in [3.05, 3.63) is 57.1 Å². The number of methoxy groups -OCH3 is 1. The van der Waals surface area contributed by atoms with Crippen molar-refractivity contribution in [1.29, 1.82) is 0 Å². The minimum atomic E-state index is -4.60. The molecule has 14 heteroatoms. The maximum Gasteiger partial charge on any atom is 0.416 e. The molecule has 2 aromatic rings. The molecule has 0 N–H and O–H groups in total. The highest BCUT2D eigenvalue weighted by atomic mass is 35.5. The van der Waals surface area contributed by atoms with Crippen LogP contribution in [0.25, 0.3) is 0 Å². The van der Waals surface area contributed by atoms with Crippen molar-refractivity contribution in [2.75, 3.05) is 26.7 Å². The molecule has 0 heterocycles. The van der Waals surface area contributed by atoms with Crippen molar-refractivity contribution in [2.24, 2.45) is 0 Å². The number of hydrogen-bond acceptors (Lipinski definition) is 8. The van der Waals surface area contributed by atoms with Crippen molar-refractivity contribution < 1.29 is 46.2 Å². The summed E-state index contributed by atoms with van der Waals surface area (Å²) < 4.78 is 70.6. The fourth-order valence-electron chi connectivity index (χ4n) is 2.18. The van der Waals surface area contributed by atoms with E-state index < -0.39 is 48.6 Å². The molecule has 0 fully saturated rings. The Morgan fingerprint density at radius 1 is 1.19 bits per heavy atom. The number of alkyl halides is 3. The average Bonchev–Trinajstić information content (AvgIpc) is 2.71. The summed E-state index contributed by atoms with van der Waals surface area (Å²) in [4.78, 5) is 21.6. The quantitative estimate of drug-likeness (QED) is 0.193. The number of carbonyl (C=O) groups excluding carboxylic acids is 1. The van der Waals surface area contributed by atoms with Gasteiger partial charge in [-0.15, -0.1) is 0 Å². The number of rotatable bonds is 9. The predicted molar refractivity (Wildman–Crippen MR) is 107 cm³/mol. The number of halogens is 4. The Kier molecular flexibility index (Phi) is 8.11. The SMILES string of the molecule is COC(=O)COP(C)(=O)COc1cc(Oc2ccc(C(F)(F)F)cc2Cl)ccc1[N+](=O)[O-]. The Bertz CT molecular complexity index is 1060. The van der Waals surface area contributed by atoms with E-state index in [-0.39, 0.29) is 22.3 Å². The molecule has 0 spiro atoms. The fraction of sp³-hybridized carbons (Fsp3) is 0.278. The van der Waals surface area contributed by atoms with Gasteiger partial charge in [-0.3, -0.25) is 14.7 Å². The largest absolute Gasteiger partial charge is 0.476 e. The molecule has 0 aromatic heterocycles. The molecule has 1 unspecified atom stereocenters. The molecule has 0 saturated carbocycles. The number of esters is 1. The molecule has 0 aliphatic heterocycles. The summed E-state index contributed by atoms with van der Waals surface area (Å²) in [7, 11) is -2.39. The van der Waals surface area contributed by atoms with Crippen LogP contribution >= 0.6 is 19.0 Å². The number of carbonyl (C=O) groups is 1. The standard InChI is InChI=1S/C18H16ClF3NO8P/c1-28-17(24)9-30-32(2,27)10-29-16-8-12(4-5-14(16)23(25)26)31-15-6-3-11(7-13(15)19)18(20,21)22/h3-8H,9-10H2,1-2H3. The van der Waals surface area contributed by atoms with Crippen molar-refractivity contribution in [3.63, 3.8) is 0 Å². The first-order chi connectivity index (χ1) is 14.8. The fourth-order valence-corrected chi connectivity index (χ4v) is 3.23. The Morgan fingerprint density at radius 3 is 2.44 bits per heavy atom. The van der Waals surface area contributed by atoms with E-state index >= 15 is 0 Å². The van der Waals surface area contributed by atoms with Crippen LogP contribution in [0.15, 0.2) is 36.4 Å². The molecule has 174 valence electrons. The highest BCUT2D eigenvalue weighted by Gasteiger charge is 2.31. The van der Waals surface area contributed by atoms with E-state index in [4.69, 9.17) is 25.6 Å². The van der Waals surface area contributed by atoms with E-state index in [1.807, 2.05) is 0 Å². The third-order valence-electron chi connectivity index (χ3n) is 3.75. The van der Waals surface area contributed by atoms with Crippen molar-refractivity contribution >= 4 is 30.6 Å². The summed E-state index contributed by atoms with van der Waals surface area (Å²) in [5.41, 5.74) is -1.47.